The van der Waals surface area contributed by atoms with Crippen LogP contribution in [0.3, 0.4) is 0 Å². The first-order valence-electron chi connectivity index (χ1n) is 8.30. The van der Waals surface area contributed by atoms with Crippen LogP contribution in [-0.4, -0.2) is 42.7 Å². The molecule has 0 aliphatic rings. The van der Waals surface area contributed by atoms with E-state index < -0.39 is 17.4 Å². The molecule has 1 atom stereocenters. The van der Waals surface area contributed by atoms with Gasteiger partial charge in [-0.3, -0.25) is 14.3 Å². The molecule has 0 radical (unpaired) electrons. The number of rotatable bonds is 8. The van der Waals surface area contributed by atoms with Crippen LogP contribution in [-0.2, 0) is 13.6 Å². The van der Waals surface area contributed by atoms with Crippen molar-refractivity contribution in [2.75, 3.05) is 12.4 Å². The maximum absolute atomic E-state index is 12.3. The molecule has 0 saturated carbocycles. The van der Waals surface area contributed by atoms with Crippen molar-refractivity contribution in [2.45, 2.75) is 17.8 Å². The van der Waals surface area contributed by atoms with Gasteiger partial charge in [0.1, 0.15) is 18.5 Å². The lowest BCUT2D eigenvalue weighted by atomic mass is 10.3. The number of fused-ring (bicyclic) bond motifs is 1. The Kier molecular flexibility index (Phi) is 5.82. The molecule has 1 aromatic carbocycles. The Bertz CT molecular complexity index is 1050. The van der Waals surface area contributed by atoms with Crippen molar-refractivity contribution >= 4 is 22.9 Å². The van der Waals surface area contributed by atoms with Gasteiger partial charge in [-0.2, -0.15) is 0 Å². The molecule has 9 heteroatoms. The SMILES string of the molecule is C=CCSc1nc2c(c(=O)[nH]c(=O)n2C)n1C[C@H](O)COc1ccccc1. The van der Waals surface area contributed by atoms with Crippen LogP contribution in [0.25, 0.3) is 11.2 Å². The number of nitrogens with zero attached hydrogens (tertiary/aromatic N) is 3. The van der Waals surface area contributed by atoms with Gasteiger partial charge in [-0.15, -0.1) is 6.58 Å². The Morgan fingerprint density at radius 2 is 2.11 bits per heavy atom. The first kappa shape index (κ1) is 19.0. The summed E-state index contributed by atoms with van der Waals surface area (Å²) in [5.41, 5.74) is -0.568. The summed E-state index contributed by atoms with van der Waals surface area (Å²) in [6, 6.07) is 9.15. The van der Waals surface area contributed by atoms with Crippen LogP contribution in [0.4, 0.5) is 0 Å². The van der Waals surface area contributed by atoms with Crippen molar-refractivity contribution in [3.8, 4) is 5.75 Å². The van der Waals surface area contributed by atoms with Gasteiger partial charge in [0.05, 0.1) is 6.54 Å². The minimum Gasteiger partial charge on any atom is -0.491 e. The highest BCUT2D eigenvalue weighted by molar-refractivity contribution is 7.99. The van der Waals surface area contributed by atoms with Crippen LogP contribution in [0, 0.1) is 0 Å². The summed E-state index contributed by atoms with van der Waals surface area (Å²) in [5, 5.41) is 10.9. The van der Waals surface area contributed by atoms with Crippen molar-refractivity contribution in [3.63, 3.8) is 0 Å². The number of ether oxygens (including phenoxy) is 1. The van der Waals surface area contributed by atoms with Gasteiger partial charge in [-0.25, -0.2) is 9.78 Å². The summed E-state index contributed by atoms with van der Waals surface area (Å²) in [7, 11) is 1.54. The van der Waals surface area contributed by atoms with E-state index in [4.69, 9.17) is 4.74 Å². The number of benzene rings is 1. The number of hydrogen-bond acceptors (Lipinski definition) is 6. The lowest BCUT2D eigenvalue weighted by Gasteiger charge is -2.15. The maximum atomic E-state index is 12.3. The van der Waals surface area contributed by atoms with Gasteiger partial charge in [0, 0.05) is 12.8 Å². The number of nitrogens with one attached hydrogen (secondary N) is 1. The molecule has 0 amide bonds. The van der Waals surface area contributed by atoms with Crippen LogP contribution in [0.5, 0.6) is 5.75 Å². The lowest BCUT2D eigenvalue weighted by Crippen LogP contribution is -2.30. The second kappa shape index (κ2) is 8.28. The van der Waals surface area contributed by atoms with Crippen molar-refractivity contribution in [1.29, 1.82) is 0 Å². The topological polar surface area (TPSA) is 102 Å². The number of para-hydroxylation sites is 1. The van der Waals surface area contributed by atoms with E-state index in [9.17, 15) is 14.7 Å². The minimum atomic E-state index is -0.873. The first-order chi connectivity index (χ1) is 13.0. The van der Waals surface area contributed by atoms with E-state index in [1.165, 1.54) is 23.4 Å². The second-order valence-electron chi connectivity index (χ2n) is 5.87. The van der Waals surface area contributed by atoms with Gasteiger partial charge in [0.15, 0.2) is 16.3 Å². The fourth-order valence-electron chi connectivity index (χ4n) is 2.60. The standard InChI is InChI=1S/C18H20N4O4S/c1-3-9-27-18-19-15-14(16(24)20-17(25)21(15)2)22(18)10-12(23)11-26-13-7-5-4-6-8-13/h3-8,12,23H,1,9-11H2,2H3,(H,20,24,25)/t12-/m0/s1. The summed E-state index contributed by atoms with van der Waals surface area (Å²) >= 11 is 1.37. The van der Waals surface area contributed by atoms with Crippen LogP contribution >= 0.6 is 11.8 Å². The Balaban J connectivity index is 1.91. The highest BCUT2D eigenvalue weighted by Crippen LogP contribution is 2.22. The molecule has 8 nitrogen and oxygen atoms in total. The minimum absolute atomic E-state index is 0.0545. The zero-order valence-corrected chi connectivity index (χ0v) is 15.6. The molecule has 0 aliphatic carbocycles. The molecule has 27 heavy (non-hydrogen) atoms. The van der Waals surface area contributed by atoms with E-state index in [2.05, 4.69) is 16.5 Å². The average molecular weight is 388 g/mol. The van der Waals surface area contributed by atoms with Gasteiger partial charge in [-0.05, 0) is 12.1 Å². The molecular weight excluding hydrogens is 368 g/mol. The van der Waals surface area contributed by atoms with Crippen molar-refractivity contribution < 1.29 is 9.84 Å². The number of hydrogen-bond donors (Lipinski definition) is 2. The van der Waals surface area contributed by atoms with E-state index in [1.807, 2.05) is 18.2 Å². The molecule has 142 valence electrons. The fourth-order valence-corrected chi connectivity index (χ4v) is 3.34. The fraction of sp³-hybridized carbons (Fsp3) is 0.278. The zero-order valence-electron chi connectivity index (χ0n) is 14.8. The summed E-state index contributed by atoms with van der Waals surface area (Å²) in [4.78, 5) is 30.9. The van der Waals surface area contributed by atoms with Gasteiger partial charge in [0.25, 0.3) is 5.56 Å². The van der Waals surface area contributed by atoms with Crippen molar-refractivity contribution in [2.24, 2.45) is 7.05 Å². The monoisotopic (exact) mass is 388 g/mol. The quantitative estimate of drug-likeness (QED) is 0.443. The Morgan fingerprint density at radius 1 is 1.37 bits per heavy atom. The number of aromatic amines is 1. The number of aryl methyl sites for hydroxylation is 1. The highest BCUT2D eigenvalue weighted by atomic mass is 32.2. The van der Waals surface area contributed by atoms with Gasteiger partial charge in [0.2, 0.25) is 0 Å². The summed E-state index contributed by atoms with van der Waals surface area (Å²) in [6.07, 6.45) is 0.842. The van der Waals surface area contributed by atoms with E-state index in [0.717, 1.165) is 0 Å². The van der Waals surface area contributed by atoms with E-state index in [0.29, 0.717) is 16.7 Å². The van der Waals surface area contributed by atoms with Gasteiger partial charge in [-0.1, -0.05) is 36.0 Å². The molecule has 0 aliphatic heterocycles. The normalized spacial score (nSPS) is 12.2. The van der Waals surface area contributed by atoms with Crippen LogP contribution in [0.2, 0.25) is 0 Å². The molecule has 2 heterocycles. The summed E-state index contributed by atoms with van der Waals surface area (Å²) in [5.74, 6) is 1.22. The third kappa shape index (κ3) is 4.15. The molecule has 3 rings (SSSR count). The summed E-state index contributed by atoms with van der Waals surface area (Å²) in [6.45, 7) is 3.84. The van der Waals surface area contributed by atoms with E-state index in [-0.39, 0.29) is 24.3 Å². The lowest BCUT2D eigenvalue weighted by molar-refractivity contribution is 0.0914. The molecule has 2 N–H and O–H groups in total. The zero-order chi connectivity index (χ0) is 19.4. The number of imidazole rings is 1. The number of H-pyrrole nitrogens is 1. The molecular formula is C18H20N4O4S. The molecule has 3 aromatic rings. The summed E-state index contributed by atoms with van der Waals surface area (Å²) < 4.78 is 8.46. The largest absolute Gasteiger partial charge is 0.491 e. The van der Waals surface area contributed by atoms with Crippen molar-refractivity contribution in [1.82, 2.24) is 19.1 Å². The Hall–Kier alpha value is -2.78. The molecule has 0 bridgehead atoms. The second-order valence-corrected chi connectivity index (χ2v) is 6.86. The Labute approximate surface area is 159 Å². The maximum Gasteiger partial charge on any atom is 0.329 e. The third-order valence-corrected chi connectivity index (χ3v) is 4.85. The predicted octanol–water partition coefficient (Wildman–Crippen LogP) is 1.14. The van der Waals surface area contributed by atoms with Crippen molar-refractivity contribution in [3.05, 3.63) is 63.8 Å². The van der Waals surface area contributed by atoms with Crippen LogP contribution in [0.15, 0.2) is 57.7 Å². The first-order valence-corrected chi connectivity index (χ1v) is 9.29. The van der Waals surface area contributed by atoms with Crippen LogP contribution in [0.1, 0.15) is 0 Å². The highest BCUT2D eigenvalue weighted by Gasteiger charge is 2.20. The third-order valence-electron chi connectivity index (χ3n) is 3.88. The number of aromatic nitrogens is 4. The molecule has 0 fully saturated rings. The number of aliphatic hydroxyl groups excluding tert-OH is 1. The number of aliphatic hydroxyl groups is 1. The molecule has 2 aromatic heterocycles. The van der Waals surface area contributed by atoms with Gasteiger partial charge >= 0.3 is 5.69 Å². The predicted molar refractivity (Wildman–Crippen MR) is 104 cm³/mol. The molecule has 0 spiro atoms. The average Bonchev–Trinajstić information content (AvgIpc) is 3.02. The van der Waals surface area contributed by atoms with Gasteiger partial charge < -0.3 is 14.4 Å². The Morgan fingerprint density at radius 3 is 2.81 bits per heavy atom. The number of thioether (sulfide) groups is 1. The van der Waals surface area contributed by atoms with E-state index in [1.54, 1.807) is 22.8 Å². The smallest absolute Gasteiger partial charge is 0.329 e. The van der Waals surface area contributed by atoms with E-state index >= 15 is 0 Å². The molecule has 0 unspecified atom stereocenters. The molecule has 0 saturated heterocycles. The van der Waals surface area contributed by atoms with Crippen LogP contribution < -0.4 is 16.0 Å².